The zero-order chi connectivity index (χ0) is 8.60. The van der Waals surface area contributed by atoms with Gasteiger partial charge >= 0.3 is 0 Å². The van der Waals surface area contributed by atoms with Gasteiger partial charge in [-0.2, -0.15) is 0 Å². The molecule has 2 heteroatoms. The van der Waals surface area contributed by atoms with Crippen molar-refractivity contribution in [1.29, 1.82) is 0 Å². The number of carbonyl (C=O) groups is 1. The molecule has 0 aliphatic heterocycles. The molecule has 2 fully saturated rings. The zero-order valence-electron chi connectivity index (χ0n) is 7.31. The van der Waals surface area contributed by atoms with Crippen LogP contribution < -0.4 is 5.32 Å². The zero-order valence-corrected chi connectivity index (χ0v) is 7.31. The summed E-state index contributed by atoms with van der Waals surface area (Å²) in [6.07, 6.45) is 7.81. The lowest BCUT2D eigenvalue weighted by atomic mass is 10.1. The Morgan fingerprint density at radius 2 is 2.25 bits per heavy atom. The molecular weight excluding hydrogens is 150 g/mol. The van der Waals surface area contributed by atoms with Gasteiger partial charge in [0, 0.05) is 6.04 Å². The Morgan fingerprint density at radius 3 is 2.75 bits per heavy atom. The van der Waals surface area contributed by atoms with Crippen LogP contribution in [0.15, 0.2) is 12.7 Å². The van der Waals surface area contributed by atoms with Crippen molar-refractivity contribution in [2.75, 3.05) is 0 Å². The van der Waals surface area contributed by atoms with Crippen molar-refractivity contribution < 1.29 is 4.79 Å². The third-order valence-corrected chi connectivity index (χ3v) is 3.19. The minimum Gasteiger partial charge on any atom is -0.350 e. The van der Waals surface area contributed by atoms with E-state index in [-0.39, 0.29) is 5.91 Å². The van der Waals surface area contributed by atoms with Gasteiger partial charge in [0.05, 0.1) is 0 Å². The molecule has 2 nitrogen and oxygen atoms in total. The van der Waals surface area contributed by atoms with E-state index in [1.54, 1.807) is 0 Å². The van der Waals surface area contributed by atoms with E-state index in [0.29, 0.717) is 11.5 Å². The highest BCUT2D eigenvalue weighted by Crippen LogP contribution is 2.57. The topological polar surface area (TPSA) is 29.1 Å². The summed E-state index contributed by atoms with van der Waals surface area (Å²) in [6, 6.07) is 0.429. The fourth-order valence-corrected chi connectivity index (χ4v) is 2.22. The molecule has 1 N–H and O–H groups in total. The SMILES string of the molecule is C=CC(=O)NC1CCC2(CC2)C1. The van der Waals surface area contributed by atoms with Crippen molar-refractivity contribution in [2.24, 2.45) is 5.41 Å². The van der Waals surface area contributed by atoms with Gasteiger partial charge < -0.3 is 5.32 Å². The van der Waals surface area contributed by atoms with Crippen LogP contribution in [0.25, 0.3) is 0 Å². The van der Waals surface area contributed by atoms with Crippen molar-refractivity contribution in [3.63, 3.8) is 0 Å². The molecule has 12 heavy (non-hydrogen) atoms. The normalized spacial score (nSPS) is 30.2. The van der Waals surface area contributed by atoms with Crippen LogP contribution in [-0.2, 0) is 4.79 Å². The molecule has 0 saturated heterocycles. The van der Waals surface area contributed by atoms with E-state index < -0.39 is 0 Å². The Labute approximate surface area is 73.0 Å². The number of carbonyl (C=O) groups excluding carboxylic acids is 1. The molecule has 2 aliphatic carbocycles. The summed E-state index contributed by atoms with van der Waals surface area (Å²) in [5, 5.41) is 2.97. The van der Waals surface area contributed by atoms with Gasteiger partial charge in [0.15, 0.2) is 0 Å². The molecule has 1 atom stereocenters. The molecule has 0 aromatic rings. The van der Waals surface area contributed by atoms with Crippen LogP contribution in [0.1, 0.15) is 32.1 Å². The summed E-state index contributed by atoms with van der Waals surface area (Å²) in [7, 11) is 0. The molecule has 2 rings (SSSR count). The molecule has 2 aliphatic rings. The van der Waals surface area contributed by atoms with E-state index in [1.807, 2.05) is 0 Å². The van der Waals surface area contributed by atoms with Crippen LogP contribution in [0.2, 0.25) is 0 Å². The summed E-state index contributed by atoms with van der Waals surface area (Å²) in [5.74, 6) is -0.0160. The maximum Gasteiger partial charge on any atom is 0.243 e. The molecule has 0 heterocycles. The lowest BCUT2D eigenvalue weighted by Crippen LogP contribution is -2.31. The molecule has 0 aromatic carbocycles. The first-order chi connectivity index (χ1) is 5.74. The van der Waals surface area contributed by atoms with Crippen molar-refractivity contribution in [1.82, 2.24) is 5.32 Å². The average molecular weight is 165 g/mol. The van der Waals surface area contributed by atoms with E-state index in [0.717, 1.165) is 0 Å². The van der Waals surface area contributed by atoms with Crippen LogP contribution in [0.5, 0.6) is 0 Å². The van der Waals surface area contributed by atoms with Gasteiger partial charge in [-0.3, -0.25) is 4.79 Å². The van der Waals surface area contributed by atoms with Crippen LogP contribution in [0.4, 0.5) is 0 Å². The van der Waals surface area contributed by atoms with Crippen LogP contribution in [0.3, 0.4) is 0 Å². The predicted molar refractivity (Wildman–Crippen MR) is 47.6 cm³/mol. The van der Waals surface area contributed by atoms with E-state index in [4.69, 9.17) is 0 Å². The number of hydrogen-bond donors (Lipinski definition) is 1. The Bertz CT molecular complexity index is 218. The Hall–Kier alpha value is -0.790. The average Bonchev–Trinajstić information content (AvgIpc) is 2.68. The Kier molecular flexibility index (Phi) is 1.71. The maximum absolute atomic E-state index is 11.0. The van der Waals surface area contributed by atoms with Gasteiger partial charge in [0.1, 0.15) is 0 Å². The summed E-state index contributed by atoms with van der Waals surface area (Å²) in [4.78, 5) is 11.0. The first-order valence-corrected chi connectivity index (χ1v) is 4.67. The highest BCUT2D eigenvalue weighted by atomic mass is 16.1. The summed E-state index contributed by atoms with van der Waals surface area (Å²) < 4.78 is 0. The molecular formula is C10H15NO. The van der Waals surface area contributed by atoms with Gasteiger partial charge in [-0.15, -0.1) is 0 Å². The summed E-state index contributed by atoms with van der Waals surface area (Å²) in [6.45, 7) is 3.44. The number of hydrogen-bond acceptors (Lipinski definition) is 1. The highest BCUT2D eigenvalue weighted by molar-refractivity contribution is 5.87. The van der Waals surface area contributed by atoms with Gasteiger partial charge in [0.2, 0.25) is 5.91 Å². The smallest absolute Gasteiger partial charge is 0.243 e. The van der Waals surface area contributed by atoms with Crippen molar-refractivity contribution in [3.8, 4) is 0 Å². The maximum atomic E-state index is 11.0. The molecule has 2 saturated carbocycles. The van der Waals surface area contributed by atoms with Gasteiger partial charge in [-0.25, -0.2) is 0 Å². The monoisotopic (exact) mass is 165 g/mol. The predicted octanol–water partition coefficient (Wildman–Crippen LogP) is 1.62. The lowest BCUT2D eigenvalue weighted by Gasteiger charge is -2.10. The van der Waals surface area contributed by atoms with Gasteiger partial charge in [-0.1, -0.05) is 6.58 Å². The quantitative estimate of drug-likeness (QED) is 0.619. The first-order valence-electron chi connectivity index (χ1n) is 4.67. The van der Waals surface area contributed by atoms with Crippen LogP contribution in [-0.4, -0.2) is 11.9 Å². The highest BCUT2D eigenvalue weighted by Gasteiger charge is 2.48. The van der Waals surface area contributed by atoms with Gasteiger partial charge in [-0.05, 0) is 43.6 Å². The summed E-state index contributed by atoms with van der Waals surface area (Å²) >= 11 is 0. The molecule has 1 unspecified atom stereocenters. The fourth-order valence-electron chi connectivity index (χ4n) is 2.22. The third-order valence-electron chi connectivity index (χ3n) is 3.19. The Balaban J connectivity index is 1.83. The minimum absolute atomic E-state index is 0.0160. The molecule has 0 aromatic heterocycles. The Morgan fingerprint density at radius 1 is 1.50 bits per heavy atom. The van der Waals surface area contributed by atoms with E-state index >= 15 is 0 Å². The van der Waals surface area contributed by atoms with Crippen LogP contribution >= 0.6 is 0 Å². The van der Waals surface area contributed by atoms with Crippen molar-refractivity contribution in [2.45, 2.75) is 38.1 Å². The van der Waals surface area contributed by atoms with Gasteiger partial charge in [0.25, 0.3) is 0 Å². The number of amides is 1. The lowest BCUT2D eigenvalue weighted by molar-refractivity contribution is -0.117. The summed E-state index contributed by atoms with van der Waals surface area (Å²) in [5.41, 5.74) is 0.652. The molecule has 0 radical (unpaired) electrons. The molecule has 1 spiro atoms. The third kappa shape index (κ3) is 1.38. The van der Waals surface area contributed by atoms with Crippen molar-refractivity contribution in [3.05, 3.63) is 12.7 Å². The molecule has 0 bridgehead atoms. The van der Waals surface area contributed by atoms with Crippen LogP contribution in [0, 0.1) is 5.41 Å². The first kappa shape index (κ1) is 7.84. The van der Waals surface area contributed by atoms with E-state index in [9.17, 15) is 4.79 Å². The fraction of sp³-hybridized carbons (Fsp3) is 0.700. The number of rotatable bonds is 2. The second kappa shape index (κ2) is 2.61. The number of nitrogens with one attached hydrogen (secondary N) is 1. The molecule has 66 valence electrons. The second-order valence-electron chi connectivity index (χ2n) is 4.15. The standard InChI is InChI=1S/C10H15NO/c1-2-9(12)11-8-3-4-10(7-8)5-6-10/h2,8H,1,3-7H2,(H,11,12). The molecule has 1 amide bonds. The van der Waals surface area contributed by atoms with E-state index in [1.165, 1.54) is 38.2 Å². The largest absolute Gasteiger partial charge is 0.350 e. The van der Waals surface area contributed by atoms with E-state index in [2.05, 4.69) is 11.9 Å². The minimum atomic E-state index is -0.0160. The van der Waals surface area contributed by atoms with Crippen molar-refractivity contribution >= 4 is 5.91 Å². The second-order valence-corrected chi connectivity index (χ2v) is 4.15.